The topological polar surface area (TPSA) is 91.0 Å². The second kappa shape index (κ2) is 9.14. The van der Waals surface area contributed by atoms with Gasteiger partial charge in [-0.15, -0.1) is 0 Å². The molecule has 2 N–H and O–H groups in total. The zero-order valence-corrected chi connectivity index (χ0v) is 19.0. The third-order valence-corrected chi connectivity index (χ3v) is 5.43. The number of nitrogens with one attached hydrogen (secondary N) is 1. The molecule has 0 radical (unpaired) electrons. The first-order valence-corrected chi connectivity index (χ1v) is 10.8. The van der Waals surface area contributed by atoms with E-state index in [0.717, 1.165) is 23.4 Å². The number of amides is 1. The molecule has 8 heteroatoms. The van der Waals surface area contributed by atoms with Gasteiger partial charge >= 0.3 is 0 Å². The molecule has 0 spiro atoms. The summed E-state index contributed by atoms with van der Waals surface area (Å²) in [5.41, 5.74) is 4.74. The highest BCUT2D eigenvalue weighted by molar-refractivity contribution is 6.34. The Kier molecular flexibility index (Phi) is 6.30. The minimum atomic E-state index is -0.191. The Morgan fingerprint density at radius 1 is 1.25 bits per heavy atom. The van der Waals surface area contributed by atoms with E-state index in [-0.39, 0.29) is 18.9 Å². The van der Waals surface area contributed by atoms with Gasteiger partial charge in [0.05, 0.1) is 40.8 Å². The van der Waals surface area contributed by atoms with E-state index in [4.69, 9.17) is 21.0 Å². The molecule has 3 aromatic rings. The quantitative estimate of drug-likeness (QED) is 0.546. The molecule has 0 saturated heterocycles. The first-order chi connectivity index (χ1) is 15.3. The highest BCUT2D eigenvalue weighted by Gasteiger charge is 2.21. The van der Waals surface area contributed by atoms with Crippen molar-refractivity contribution in [2.45, 2.75) is 26.9 Å². The van der Waals surface area contributed by atoms with Crippen molar-refractivity contribution < 1.29 is 14.3 Å². The maximum Gasteiger partial charge on any atom is 0.230 e. The predicted molar refractivity (Wildman–Crippen MR) is 127 cm³/mol. The van der Waals surface area contributed by atoms with Crippen LogP contribution in [0.3, 0.4) is 0 Å². The molecule has 1 aromatic heterocycles. The van der Waals surface area contributed by atoms with Crippen LogP contribution in [0.1, 0.15) is 31.5 Å². The van der Waals surface area contributed by atoms with Crippen LogP contribution in [0.2, 0.25) is 5.02 Å². The lowest BCUT2D eigenvalue weighted by atomic mass is 10.0. The zero-order chi connectivity index (χ0) is 22.8. The van der Waals surface area contributed by atoms with Crippen molar-refractivity contribution in [3.05, 3.63) is 58.9 Å². The molecule has 2 heterocycles. The number of rotatable bonds is 6. The first-order valence-electron chi connectivity index (χ1n) is 10.4. The van der Waals surface area contributed by atoms with Crippen LogP contribution in [0.15, 0.2) is 52.1 Å². The predicted octanol–water partition coefficient (Wildman–Crippen LogP) is 5.04. The summed E-state index contributed by atoms with van der Waals surface area (Å²) in [4.78, 5) is 23.8. The molecule has 1 aliphatic heterocycles. The van der Waals surface area contributed by atoms with Gasteiger partial charge < -0.3 is 19.7 Å². The molecule has 166 valence electrons. The summed E-state index contributed by atoms with van der Waals surface area (Å²) in [5, 5.41) is 12.7. The van der Waals surface area contributed by atoms with Crippen LogP contribution >= 0.6 is 11.6 Å². The first kappa shape index (κ1) is 22.0. The molecule has 4 rings (SSSR count). The van der Waals surface area contributed by atoms with Crippen LogP contribution in [-0.2, 0) is 11.4 Å². The van der Waals surface area contributed by atoms with Crippen LogP contribution in [0.4, 0.5) is 17.1 Å². The summed E-state index contributed by atoms with van der Waals surface area (Å²) in [5.74, 6) is 0.711. The Morgan fingerprint density at radius 3 is 2.75 bits per heavy atom. The average molecular weight is 453 g/mol. The summed E-state index contributed by atoms with van der Waals surface area (Å²) in [6.07, 6.45) is 1.55. The molecule has 0 saturated carbocycles. The monoisotopic (exact) mass is 452 g/mol. The number of aliphatic imine (C=N–C) groups is 1. The van der Waals surface area contributed by atoms with Gasteiger partial charge in [0.15, 0.2) is 0 Å². The summed E-state index contributed by atoms with van der Waals surface area (Å²) in [6.45, 7) is 4.95. The van der Waals surface area contributed by atoms with Gasteiger partial charge in [-0.2, -0.15) is 0 Å². The van der Waals surface area contributed by atoms with E-state index in [1.807, 2.05) is 37.4 Å². The number of aliphatic hydroxyl groups excluding tert-OH is 1. The fourth-order valence-electron chi connectivity index (χ4n) is 3.72. The van der Waals surface area contributed by atoms with Crippen molar-refractivity contribution in [2.24, 2.45) is 10.9 Å². The van der Waals surface area contributed by atoms with Gasteiger partial charge in [0.25, 0.3) is 0 Å². The molecule has 0 atom stereocenters. The largest absolute Gasteiger partial charge is 0.444 e. The lowest BCUT2D eigenvalue weighted by molar-refractivity contribution is -0.115. The van der Waals surface area contributed by atoms with Crippen LogP contribution in [0.25, 0.3) is 11.5 Å². The Morgan fingerprint density at radius 2 is 2.03 bits per heavy atom. The van der Waals surface area contributed by atoms with Gasteiger partial charge in [0, 0.05) is 19.2 Å². The number of fused-ring (bicyclic) bond motifs is 1. The number of aromatic nitrogens is 1. The Balaban J connectivity index is 1.74. The van der Waals surface area contributed by atoms with Crippen LogP contribution in [-0.4, -0.2) is 35.3 Å². The highest BCUT2D eigenvalue weighted by Crippen LogP contribution is 2.38. The van der Waals surface area contributed by atoms with Crippen molar-refractivity contribution in [1.29, 1.82) is 0 Å². The smallest absolute Gasteiger partial charge is 0.230 e. The summed E-state index contributed by atoms with van der Waals surface area (Å²) in [6, 6.07) is 11.2. The molecule has 1 amide bonds. The van der Waals surface area contributed by atoms with Crippen molar-refractivity contribution >= 4 is 40.3 Å². The van der Waals surface area contributed by atoms with E-state index in [1.54, 1.807) is 6.07 Å². The number of halogens is 1. The van der Waals surface area contributed by atoms with Crippen molar-refractivity contribution in [3.63, 3.8) is 0 Å². The number of hydrogen-bond acceptors (Lipinski definition) is 6. The fourth-order valence-corrected chi connectivity index (χ4v) is 4.03. The van der Waals surface area contributed by atoms with E-state index in [1.165, 1.54) is 6.26 Å². The number of nitrogens with zero attached hydrogens (tertiary/aromatic N) is 3. The number of benzene rings is 2. The lowest BCUT2D eigenvalue weighted by Crippen LogP contribution is -2.22. The Labute approximate surface area is 191 Å². The van der Waals surface area contributed by atoms with E-state index < -0.39 is 0 Å². The highest BCUT2D eigenvalue weighted by atomic mass is 35.5. The van der Waals surface area contributed by atoms with Crippen LogP contribution in [0.5, 0.6) is 0 Å². The number of oxazole rings is 1. The number of hydrogen-bond donors (Lipinski definition) is 2. The number of carbonyl (C=O) groups excluding carboxylic acids is 1. The molecule has 1 aliphatic rings. The van der Waals surface area contributed by atoms with Crippen molar-refractivity contribution in [1.82, 2.24) is 4.98 Å². The van der Waals surface area contributed by atoms with Gasteiger partial charge in [-0.05, 0) is 35.7 Å². The molecule has 7 nitrogen and oxygen atoms in total. The number of aliphatic hydroxyl groups is 1. The van der Waals surface area contributed by atoms with Gasteiger partial charge in [-0.1, -0.05) is 37.6 Å². The molecule has 0 unspecified atom stereocenters. The van der Waals surface area contributed by atoms with Crippen LogP contribution < -0.4 is 10.2 Å². The van der Waals surface area contributed by atoms with Crippen LogP contribution in [0, 0.1) is 5.92 Å². The standard InChI is InChI=1S/C24H25ClN4O3/c1-14(2)11-29(3)22-9-21-20(8-18(22)25)28-23(31)10-19(27-21)15-5-4-6-16(7-15)24-26-17(12-30)13-32-24/h4-9,13-14,30H,10-12H2,1-3H3,(H,28,31). The Bertz CT molecular complexity index is 1190. The minimum absolute atomic E-state index is 0.125. The third-order valence-electron chi connectivity index (χ3n) is 5.13. The summed E-state index contributed by atoms with van der Waals surface area (Å²) in [7, 11) is 1.99. The third kappa shape index (κ3) is 4.69. The SMILES string of the molecule is CC(C)CN(C)c1cc2c(cc1Cl)NC(=O)CC(c1cccc(-c3nc(CO)co3)c1)=N2. The van der Waals surface area contributed by atoms with Crippen molar-refractivity contribution in [2.75, 3.05) is 23.8 Å². The molecule has 0 fully saturated rings. The fraction of sp³-hybridized carbons (Fsp3) is 0.292. The van der Waals surface area contributed by atoms with E-state index in [9.17, 15) is 9.90 Å². The van der Waals surface area contributed by atoms with Crippen molar-refractivity contribution in [3.8, 4) is 11.5 Å². The second-order valence-corrected chi connectivity index (χ2v) is 8.67. The number of carbonyl (C=O) groups is 1. The molecular weight excluding hydrogens is 428 g/mol. The number of anilines is 2. The maximum absolute atomic E-state index is 12.6. The van der Waals surface area contributed by atoms with Gasteiger partial charge in [-0.3, -0.25) is 9.79 Å². The van der Waals surface area contributed by atoms with Gasteiger partial charge in [0.1, 0.15) is 12.0 Å². The lowest BCUT2D eigenvalue weighted by Gasteiger charge is -2.23. The summed E-state index contributed by atoms with van der Waals surface area (Å²) < 4.78 is 5.46. The van der Waals surface area contributed by atoms with Gasteiger partial charge in [-0.25, -0.2) is 4.98 Å². The second-order valence-electron chi connectivity index (χ2n) is 8.26. The molecule has 0 aliphatic carbocycles. The van der Waals surface area contributed by atoms with E-state index >= 15 is 0 Å². The average Bonchev–Trinajstić information content (AvgIpc) is 3.17. The molecule has 0 bridgehead atoms. The normalized spacial score (nSPS) is 13.4. The molecular formula is C24H25ClN4O3. The molecule has 2 aromatic carbocycles. The van der Waals surface area contributed by atoms with Gasteiger partial charge in [0.2, 0.25) is 11.8 Å². The zero-order valence-electron chi connectivity index (χ0n) is 18.2. The molecule has 32 heavy (non-hydrogen) atoms. The van der Waals surface area contributed by atoms with E-state index in [0.29, 0.717) is 39.6 Å². The Hall–Kier alpha value is -3.16. The summed E-state index contributed by atoms with van der Waals surface area (Å²) >= 11 is 6.52. The minimum Gasteiger partial charge on any atom is -0.444 e. The maximum atomic E-state index is 12.6. The van der Waals surface area contributed by atoms with E-state index in [2.05, 4.69) is 29.0 Å².